The number of nitrogens with zero attached hydrogens (tertiary/aromatic N) is 3. The minimum Gasteiger partial charge on any atom is -0.506 e. The van der Waals surface area contributed by atoms with Crippen LogP contribution >= 0.6 is 11.3 Å². The van der Waals surface area contributed by atoms with Crippen LogP contribution in [0.15, 0.2) is 66.0 Å². The molecule has 2 aromatic heterocycles. The van der Waals surface area contributed by atoms with E-state index < -0.39 is 5.91 Å². The number of aromatic nitrogens is 3. The predicted octanol–water partition coefficient (Wildman–Crippen LogP) is 4.09. The molecule has 8 heteroatoms. The molecule has 0 radical (unpaired) electrons. The molecule has 0 fully saturated rings. The highest BCUT2D eigenvalue weighted by Gasteiger charge is 2.20. The van der Waals surface area contributed by atoms with Crippen molar-refractivity contribution in [2.45, 2.75) is 0 Å². The predicted molar refractivity (Wildman–Crippen MR) is 101 cm³/mol. The number of phenols is 1. The zero-order valence-electron chi connectivity index (χ0n) is 13.8. The van der Waals surface area contributed by atoms with Crippen LogP contribution in [0.5, 0.6) is 5.75 Å². The molecule has 27 heavy (non-hydrogen) atoms. The minimum absolute atomic E-state index is 0.0534. The van der Waals surface area contributed by atoms with Gasteiger partial charge in [0.05, 0.1) is 16.3 Å². The lowest BCUT2D eigenvalue weighted by Crippen LogP contribution is -2.14. The minimum atomic E-state index is -0.560. The highest BCUT2D eigenvalue weighted by atomic mass is 32.1. The normalized spacial score (nSPS) is 10.7. The van der Waals surface area contributed by atoms with Gasteiger partial charge in [-0.15, -0.1) is 16.4 Å². The summed E-state index contributed by atoms with van der Waals surface area (Å²) in [6.45, 7) is 0. The number of carbonyl (C=O) groups excluding carboxylic acids is 1. The number of benzene rings is 2. The first-order valence-corrected chi connectivity index (χ1v) is 8.86. The molecule has 4 aromatic rings. The van der Waals surface area contributed by atoms with Gasteiger partial charge in [-0.25, -0.2) is 14.1 Å². The average Bonchev–Trinajstić information content (AvgIpc) is 3.33. The van der Waals surface area contributed by atoms with Crippen molar-refractivity contribution in [1.82, 2.24) is 14.8 Å². The third-order valence-corrected chi connectivity index (χ3v) is 4.64. The number of carbonyl (C=O) groups is 1. The van der Waals surface area contributed by atoms with Crippen LogP contribution in [-0.4, -0.2) is 25.8 Å². The molecule has 0 aliphatic carbocycles. The van der Waals surface area contributed by atoms with Gasteiger partial charge < -0.3 is 10.4 Å². The van der Waals surface area contributed by atoms with E-state index in [1.54, 1.807) is 30.3 Å². The van der Waals surface area contributed by atoms with Crippen LogP contribution in [0, 0.1) is 5.82 Å². The first-order chi connectivity index (χ1) is 13.1. The fourth-order valence-electron chi connectivity index (χ4n) is 2.49. The van der Waals surface area contributed by atoms with Crippen LogP contribution in [0.1, 0.15) is 10.6 Å². The zero-order chi connectivity index (χ0) is 18.8. The van der Waals surface area contributed by atoms with Crippen molar-refractivity contribution in [2.75, 3.05) is 5.32 Å². The standard InChI is InChI=1S/C19H13FN4O2S/c20-12-7-9-13(10-8-12)24-18(16-6-3-11-27-16)22-17(23-24)19(26)21-14-4-1-2-5-15(14)25/h1-11,25H,(H,21,26). The molecule has 1 amide bonds. The molecule has 0 atom stereocenters. The van der Waals surface area contributed by atoms with Crippen molar-refractivity contribution >= 4 is 22.9 Å². The molecule has 6 nitrogen and oxygen atoms in total. The fourth-order valence-corrected chi connectivity index (χ4v) is 3.19. The maximum Gasteiger partial charge on any atom is 0.295 e. The SMILES string of the molecule is O=C(Nc1ccccc1O)c1nc(-c2cccs2)n(-c2ccc(F)cc2)n1. The number of nitrogens with one attached hydrogen (secondary N) is 1. The monoisotopic (exact) mass is 380 g/mol. The molecular weight excluding hydrogens is 367 g/mol. The van der Waals surface area contributed by atoms with Gasteiger partial charge in [0, 0.05) is 0 Å². The van der Waals surface area contributed by atoms with Crippen molar-refractivity contribution in [1.29, 1.82) is 0 Å². The molecule has 0 aliphatic heterocycles. The number of para-hydroxylation sites is 2. The summed E-state index contributed by atoms with van der Waals surface area (Å²) in [6, 6.07) is 15.9. The van der Waals surface area contributed by atoms with Crippen molar-refractivity contribution in [3.05, 3.63) is 77.7 Å². The topological polar surface area (TPSA) is 80.0 Å². The molecule has 0 spiro atoms. The number of hydrogen-bond donors (Lipinski definition) is 2. The quantitative estimate of drug-likeness (QED) is 0.523. The summed E-state index contributed by atoms with van der Waals surface area (Å²) in [4.78, 5) is 17.7. The Hall–Kier alpha value is -3.52. The van der Waals surface area contributed by atoms with Crippen molar-refractivity contribution in [3.8, 4) is 22.1 Å². The third kappa shape index (κ3) is 3.42. The summed E-state index contributed by atoms with van der Waals surface area (Å²) in [7, 11) is 0. The lowest BCUT2D eigenvalue weighted by Gasteiger charge is -2.04. The summed E-state index contributed by atoms with van der Waals surface area (Å²) in [6.07, 6.45) is 0. The number of aromatic hydroxyl groups is 1. The van der Waals surface area contributed by atoms with Gasteiger partial charge in [0.2, 0.25) is 5.82 Å². The summed E-state index contributed by atoms with van der Waals surface area (Å²) < 4.78 is 14.7. The number of rotatable bonds is 4. The van der Waals surface area contributed by atoms with Crippen LogP contribution in [-0.2, 0) is 0 Å². The van der Waals surface area contributed by atoms with Gasteiger partial charge in [0.1, 0.15) is 11.6 Å². The van der Waals surface area contributed by atoms with Crippen molar-refractivity contribution < 1.29 is 14.3 Å². The highest BCUT2D eigenvalue weighted by Crippen LogP contribution is 2.26. The second-order valence-corrected chi connectivity index (χ2v) is 6.54. The number of anilines is 1. The summed E-state index contributed by atoms with van der Waals surface area (Å²) in [5.41, 5.74) is 0.840. The third-order valence-electron chi connectivity index (χ3n) is 3.78. The molecule has 0 unspecified atom stereocenters. The first-order valence-electron chi connectivity index (χ1n) is 7.98. The molecule has 0 saturated heterocycles. The van der Waals surface area contributed by atoms with Gasteiger partial charge >= 0.3 is 0 Å². The van der Waals surface area contributed by atoms with Crippen LogP contribution in [0.2, 0.25) is 0 Å². The molecule has 2 aromatic carbocycles. The van der Waals surface area contributed by atoms with Gasteiger partial charge in [0.25, 0.3) is 5.91 Å². The second kappa shape index (κ2) is 7.00. The van der Waals surface area contributed by atoms with Crippen molar-refractivity contribution in [3.63, 3.8) is 0 Å². The molecule has 0 bridgehead atoms. The first kappa shape index (κ1) is 16.9. The Morgan fingerprint density at radius 2 is 1.85 bits per heavy atom. The molecule has 2 heterocycles. The van der Waals surface area contributed by atoms with E-state index in [4.69, 9.17) is 0 Å². The maximum absolute atomic E-state index is 13.3. The van der Waals surface area contributed by atoms with Crippen LogP contribution in [0.4, 0.5) is 10.1 Å². The van der Waals surface area contributed by atoms with E-state index in [1.807, 2.05) is 17.5 Å². The van der Waals surface area contributed by atoms with E-state index >= 15 is 0 Å². The Kier molecular flexibility index (Phi) is 4.39. The summed E-state index contributed by atoms with van der Waals surface area (Å²) >= 11 is 1.45. The van der Waals surface area contributed by atoms with E-state index in [2.05, 4.69) is 15.4 Å². The Bertz CT molecular complexity index is 1090. The maximum atomic E-state index is 13.3. The largest absolute Gasteiger partial charge is 0.506 e. The second-order valence-electron chi connectivity index (χ2n) is 5.60. The molecular formula is C19H13FN4O2S. The zero-order valence-corrected chi connectivity index (χ0v) is 14.7. The van der Waals surface area contributed by atoms with E-state index in [1.165, 1.54) is 34.2 Å². The van der Waals surface area contributed by atoms with Crippen LogP contribution in [0.3, 0.4) is 0 Å². The van der Waals surface area contributed by atoms with Gasteiger partial charge in [-0.05, 0) is 47.8 Å². The number of thiophene rings is 1. The van der Waals surface area contributed by atoms with Gasteiger partial charge in [-0.3, -0.25) is 4.79 Å². The van der Waals surface area contributed by atoms with Crippen LogP contribution in [0.25, 0.3) is 16.4 Å². The van der Waals surface area contributed by atoms with Crippen LogP contribution < -0.4 is 5.32 Å². The van der Waals surface area contributed by atoms with Crippen molar-refractivity contribution in [2.24, 2.45) is 0 Å². The molecule has 4 rings (SSSR count). The number of halogens is 1. The van der Waals surface area contributed by atoms with E-state index in [-0.39, 0.29) is 23.1 Å². The Balaban J connectivity index is 1.74. The Morgan fingerprint density at radius 1 is 1.07 bits per heavy atom. The molecule has 2 N–H and O–H groups in total. The van der Waals surface area contributed by atoms with Gasteiger partial charge in [0.15, 0.2) is 5.82 Å². The Morgan fingerprint density at radius 3 is 2.56 bits per heavy atom. The lowest BCUT2D eigenvalue weighted by molar-refractivity contribution is 0.101. The number of hydrogen-bond acceptors (Lipinski definition) is 5. The number of phenolic OH excluding ortho intramolecular Hbond substituents is 1. The van der Waals surface area contributed by atoms with E-state index in [0.717, 1.165) is 4.88 Å². The van der Waals surface area contributed by atoms with Gasteiger partial charge in [-0.2, -0.15) is 0 Å². The Labute approximate surface area is 157 Å². The average molecular weight is 380 g/mol. The summed E-state index contributed by atoms with van der Waals surface area (Å²) in [5.74, 6) is -0.573. The summed E-state index contributed by atoms with van der Waals surface area (Å²) in [5, 5.41) is 18.6. The number of amides is 1. The molecule has 0 saturated carbocycles. The fraction of sp³-hybridized carbons (Fsp3) is 0. The molecule has 0 aliphatic rings. The van der Waals surface area contributed by atoms with E-state index in [0.29, 0.717) is 11.5 Å². The van der Waals surface area contributed by atoms with E-state index in [9.17, 15) is 14.3 Å². The van der Waals surface area contributed by atoms with Gasteiger partial charge in [-0.1, -0.05) is 18.2 Å². The smallest absolute Gasteiger partial charge is 0.295 e. The highest BCUT2D eigenvalue weighted by molar-refractivity contribution is 7.13. The molecule has 134 valence electrons. The lowest BCUT2D eigenvalue weighted by atomic mass is 10.3.